The van der Waals surface area contributed by atoms with E-state index in [0.29, 0.717) is 19.0 Å². The molecule has 98 valence electrons. The van der Waals surface area contributed by atoms with Crippen LogP contribution in [0.3, 0.4) is 0 Å². The van der Waals surface area contributed by atoms with Crippen LogP contribution in [0.25, 0.3) is 0 Å². The molecule has 4 nitrogen and oxygen atoms in total. The Morgan fingerprint density at radius 2 is 2.11 bits per heavy atom. The van der Waals surface area contributed by atoms with Crippen LogP contribution < -0.4 is 4.90 Å². The van der Waals surface area contributed by atoms with E-state index in [-0.39, 0.29) is 11.2 Å². The maximum atomic E-state index is 12.0. The Morgan fingerprint density at radius 1 is 1.39 bits per heavy atom. The minimum Gasteiger partial charge on any atom is -0.296 e. The highest BCUT2D eigenvalue weighted by molar-refractivity contribution is 7.81. The van der Waals surface area contributed by atoms with E-state index in [9.17, 15) is 4.79 Å². The highest BCUT2D eigenvalue weighted by Crippen LogP contribution is 2.34. The number of aryl methyl sites for hydroxylation is 1. The normalized spacial score (nSPS) is 25.3. The molecule has 1 aromatic heterocycles. The minimum atomic E-state index is 0.157. The van der Waals surface area contributed by atoms with Crippen molar-refractivity contribution in [2.75, 3.05) is 11.4 Å². The van der Waals surface area contributed by atoms with E-state index in [1.807, 2.05) is 17.9 Å². The average Bonchev–Trinajstić information content (AvgIpc) is 2.98. The standard InChI is InChI=1S/C13H19N3OS/c1-9-6-12(15-8-11(18)7-13(15)17)16(14-9)10-4-2-3-5-10/h6,10-11,18H,2-5,7-8H2,1H3. The smallest absolute Gasteiger partial charge is 0.229 e. The number of amides is 1. The fourth-order valence-corrected chi connectivity index (χ4v) is 3.35. The van der Waals surface area contributed by atoms with Crippen molar-refractivity contribution in [1.82, 2.24) is 9.78 Å². The van der Waals surface area contributed by atoms with Crippen molar-refractivity contribution >= 4 is 24.4 Å². The summed E-state index contributed by atoms with van der Waals surface area (Å²) in [7, 11) is 0. The van der Waals surface area contributed by atoms with Crippen LogP contribution in [0.4, 0.5) is 5.82 Å². The zero-order valence-corrected chi connectivity index (χ0v) is 11.6. The molecule has 1 amide bonds. The molecule has 2 fully saturated rings. The van der Waals surface area contributed by atoms with Crippen LogP contribution in [0.2, 0.25) is 0 Å². The lowest BCUT2D eigenvalue weighted by Gasteiger charge is -2.21. The summed E-state index contributed by atoms with van der Waals surface area (Å²) in [5.74, 6) is 1.15. The fourth-order valence-electron chi connectivity index (χ4n) is 3.03. The van der Waals surface area contributed by atoms with Gasteiger partial charge in [0.25, 0.3) is 0 Å². The summed E-state index contributed by atoms with van der Waals surface area (Å²) < 4.78 is 2.08. The van der Waals surface area contributed by atoms with Crippen LogP contribution in [0, 0.1) is 6.92 Å². The molecule has 3 rings (SSSR count). The van der Waals surface area contributed by atoms with Gasteiger partial charge in [-0.05, 0) is 19.8 Å². The van der Waals surface area contributed by atoms with Gasteiger partial charge in [0.05, 0.1) is 11.7 Å². The van der Waals surface area contributed by atoms with Gasteiger partial charge in [-0.15, -0.1) is 0 Å². The molecule has 1 saturated carbocycles. The molecule has 0 N–H and O–H groups in total. The summed E-state index contributed by atoms with van der Waals surface area (Å²) in [5.41, 5.74) is 0.993. The van der Waals surface area contributed by atoms with E-state index in [0.717, 1.165) is 11.5 Å². The summed E-state index contributed by atoms with van der Waals surface area (Å²) in [5, 5.41) is 4.75. The monoisotopic (exact) mass is 265 g/mol. The lowest BCUT2D eigenvalue weighted by molar-refractivity contribution is -0.117. The molecule has 1 unspecified atom stereocenters. The van der Waals surface area contributed by atoms with Gasteiger partial charge >= 0.3 is 0 Å². The Bertz CT molecular complexity index is 465. The SMILES string of the molecule is Cc1cc(N2CC(S)CC2=O)n(C2CCCC2)n1. The maximum absolute atomic E-state index is 12.0. The van der Waals surface area contributed by atoms with Crippen LogP contribution in [-0.4, -0.2) is 27.5 Å². The Morgan fingerprint density at radius 3 is 2.72 bits per heavy atom. The number of thiol groups is 1. The van der Waals surface area contributed by atoms with Gasteiger partial charge < -0.3 is 0 Å². The lowest BCUT2D eigenvalue weighted by Crippen LogP contribution is -2.28. The second-order valence-electron chi connectivity index (χ2n) is 5.39. The molecule has 1 atom stereocenters. The number of carbonyl (C=O) groups is 1. The van der Waals surface area contributed by atoms with Gasteiger partial charge in [0.2, 0.25) is 5.91 Å². The van der Waals surface area contributed by atoms with Gasteiger partial charge in [-0.1, -0.05) is 12.8 Å². The molecule has 0 bridgehead atoms. The third-order valence-corrected chi connectivity index (χ3v) is 4.24. The predicted molar refractivity (Wildman–Crippen MR) is 74.2 cm³/mol. The van der Waals surface area contributed by atoms with Crippen LogP contribution in [0.15, 0.2) is 6.07 Å². The molecule has 0 radical (unpaired) electrons. The molecule has 18 heavy (non-hydrogen) atoms. The highest BCUT2D eigenvalue weighted by atomic mass is 32.1. The molecular weight excluding hydrogens is 246 g/mol. The number of anilines is 1. The Balaban J connectivity index is 1.93. The zero-order chi connectivity index (χ0) is 12.7. The first-order chi connectivity index (χ1) is 8.65. The highest BCUT2D eigenvalue weighted by Gasteiger charge is 2.32. The van der Waals surface area contributed by atoms with Crippen LogP contribution in [0.1, 0.15) is 43.8 Å². The molecule has 5 heteroatoms. The number of nitrogens with zero attached hydrogens (tertiary/aromatic N) is 3. The number of hydrogen-bond donors (Lipinski definition) is 1. The van der Waals surface area contributed by atoms with Crippen molar-refractivity contribution in [2.24, 2.45) is 0 Å². The second-order valence-corrected chi connectivity index (χ2v) is 6.12. The van der Waals surface area contributed by atoms with Crippen molar-refractivity contribution in [3.8, 4) is 0 Å². The predicted octanol–water partition coefficient (Wildman–Crippen LogP) is 2.34. The van der Waals surface area contributed by atoms with Gasteiger partial charge in [0.1, 0.15) is 5.82 Å². The van der Waals surface area contributed by atoms with Crippen molar-refractivity contribution in [1.29, 1.82) is 0 Å². The average molecular weight is 265 g/mol. The number of aromatic nitrogens is 2. The van der Waals surface area contributed by atoms with Gasteiger partial charge in [0, 0.05) is 24.3 Å². The van der Waals surface area contributed by atoms with Crippen molar-refractivity contribution in [2.45, 2.75) is 50.3 Å². The first-order valence-corrected chi connectivity index (χ1v) is 7.21. The molecule has 1 aliphatic carbocycles. The molecular formula is C13H19N3OS. The second kappa shape index (κ2) is 4.61. The van der Waals surface area contributed by atoms with Gasteiger partial charge in [0.15, 0.2) is 0 Å². The third-order valence-electron chi connectivity index (χ3n) is 3.89. The van der Waals surface area contributed by atoms with E-state index in [1.54, 1.807) is 0 Å². The Hall–Kier alpha value is -0.970. The first-order valence-electron chi connectivity index (χ1n) is 6.70. The molecule has 1 aliphatic heterocycles. The number of carbonyl (C=O) groups excluding carboxylic acids is 1. The quantitative estimate of drug-likeness (QED) is 0.834. The topological polar surface area (TPSA) is 38.1 Å². The van der Waals surface area contributed by atoms with Crippen molar-refractivity contribution < 1.29 is 4.79 Å². The summed E-state index contributed by atoms with van der Waals surface area (Å²) in [6.07, 6.45) is 5.44. The van der Waals surface area contributed by atoms with E-state index < -0.39 is 0 Å². The van der Waals surface area contributed by atoms with Crippen LogP contribution in [0.5, 0.6) is 0 Å². The third kappa shape index (κ3) is 2.05. The van der Waals surface area contributed by atoms with Crippen molar-refractivity contribution in [3.05, 3.63) is 11.8 Å². The summed E-state index contributed by atoms with van der Waals surface area (Å²) >= 11 is 4.42. The van der Waals surface area contributed by atoms with Crippen molar-refractivity contribution in [3.63, 3.8) is 0 Å². The molecule has 0 aromatic carbocycles. The Labute approximate surface area is 113 Å². The van der Waals surface area contributed by atoms with E-state index in [1.165, 1.54) is 25.7 Å². The van der Waals surface area contributed by atoms with Gasteiger partial charge in [-0.2, -0.15) is 17.7 Å². The first kappa shape index (κ1) is 12.1. The molecule has 2 aliphatic rings. The summed E-state index contributed by atoms with van der Waals surface area (Å²) in [6, 6.07) is 2.50. The minimum absolute atomic E-state index is 0.157. The van der Waals surface area contributed by atoms with Gasteiger partial charge in [-0.25, -0.2) is 4.68 Å². The maximum Gasteiger partial charge on any atom is 0.229 e. The summed E-state index contributed by atoms with van der Waals surface area (Å²) in [6.45, 7) is 2.70. The lowest BCUT2D eigenvalue weighted by atomic mass is 10.2. The largest absolute Gasteiger partial charge is 0.296 e. The summed E-state index contributed by atoms with van der Waals surface area (Å²) in [4.78, 5) is 13.9. The van der Waals surface area contributed by atoms with E-state index >= 15 is 0 Å². The fraction of sp³-hybridized carbons (Fsp3) is 0.692. The number of rotatable bonds is 2. The van der Waals surface area contributed by atoms with Crippen LogP contribution in [-0.2, 0) is 4.79 Å². The molecule has 1 saturated heterocycles. The Kier molecular flexibility index (Phi) is 3.09. The molecule has 0 spiro atoms. The van der Waals surface area contributed by atoms with Crippen LogP contribution >= 0.6 is 12.6 Å². The van der Waals surface area contributed by atoms with E-state index in [4.69, 9.17) is 0 Å². The number of hydrogen-bond acceptors (Lipinski definition) is 3. The molecule has 1 aromatic rings. The van der Waals surface area contributed by atoms with E-state index in [2.05, 4.69) is 22.4 Å². The molecule has 2 heterocycles. The van der Waals surface area contributed by atoms with Gasteiger partial charge in [-0.3, -0.25) is 9.69 Å². The zero-order valence-electron chi connectivity index (χ0n) is 10.7.